The SMILES string of the molecule is O=C(O)c1scc2c1C(=O)N(c1cc(CCc3ccccc3)ccc1Cl)C(=O)C2. The van der Waals surface area contributed by atoms with Crippen molar-refractivity contribution in [3.05, 3.63) is 86.1 Å². The van der Waals surface area contributed by atoms with Gasteiger partial charge >= 0.3 is 5.97 Å². The summed E-state index contributed by atoms with van der Waals surface area (Å²) in [5.41, 5.74) is 2.94. The van der Waals surface area contributed by atoms with Crippen LogP contribution in [0.5, 0.6) is 0 Å². The molecule has 1 aromatic heterocycles. The lowest BCUT2D eigenvalue weighted by molar-refractivity contribution is -0.117. The molecular formula is C22H16ClNO4S. The number of nitrogens with zero attached hydrogens (tertiary/aromatic N) is 1. The number of aromatic carboxylic acids is 1. The number of benzene rings is 2. The van der Waals surface area contributed by atoms with Crippen LogP contribution in [0.4, 0.5) is 5.69 Å². The van der Waals surface area contributed by atoms with Crippen LogP contribution in [-0.2, 0) is 24.1 Å². The zero-order valence-corrected chi connectivity index (χ0v) is 16.8. The van der Waals surface area contributed by atoms with Gasteiger partial charge in [0.05, 0.1) is 22.7 Å². The van der Waals surface area contributed by atoms with Crippen LogP contribution in [0, 0.1) is 0 Å². The topological polar surface area (TPSA) is 74.7 Å². The van der Waals surface area contributed by atoms with Crippen molar-refractivity contribution in [2.24, 2.45) is 0 Å². The molecular weight excluding hydrogens is 410 g/mol. The summed E-state index contributed by atoms with van der Waals surface area (Å²) in [5.74, 6) is -2.24. The number of aryl methyl sites for hydroxylation is 2. The second kappa shape index (κ2) is 7.81. The van der Waals surface area contributed by atoms with Crippen LogP contribution in [0.1, 0.15) is 36.7 Å². The Labute approximate surface area is 176 Å². The molecule has 7 heteroatoms. The summed E-state index contributed by atoms with van der Waals surface area (Å²) in [4.78, 5) is 38.2. The molecule has 2 aromatic carbocycles. The number of carboxylic acid groups (broad SMARTS) is 1. The van der Waals surface area contributed by atoms with Gasteiger partial charge in [-0.3, -0.25) is 9.59 Å². The van der Waals surface area contributed by atoms with Crippen LogP contribution in [0.2, 0.25) is 5.02 Å². The minimum absolute atomic E-state index is 0.0323. The summed E-state index contributed by atoms with van der Waals surface area (Å²) in [5, 5.41) is 11.2. The molecule has 0 fully saturated rings. The Balaban J connectivity index is 1.66. The maximum Gasteiger partial charge on any atom is 0.346 e. The summed E-state index contributed by atoms with van der Waals surface area (Å²) in [6, 6.07) is 15.3. The van der Waals surface area contributed by atoms with Crippen molar-refractivity contribution in [3.8, 4) is 0 Å². The first-order valence-corrected chi connectivity index (χ1v) is 10.2. The number of thiophene rings is 1. The van der Waals surface area contributed by atoms with Crippen molar-refractivity contribution < 1.29 is 19.5 Å². The van der Waals surface area contributed by atoms with Gasteiger partial charge < -0.3 is 5.11 Å². The highest BCUT2D eigenvalue weighted by molar-refractivity contribution is 7.12. The number of imide groups is 1. The molecule has 29 heavy (non-hydrogen) atoms. The quantitative estimate of drug-likeness (QED) is 0.605. The summed E-state index contributed by atoms with van der Waals surface area (Å²) >= 11 is 7.28. The number of carbonyl (C=O) groups excluding carboxylic acids is 2. The number of carbonyl (C=O) groups is 3. The number of halogens is 1. The van der Waals surface area contributed by atoms with E-state index in [1.807, 2.05) is 36.4 Å². The lowest BCUT2D eigenvalue weighted by atomic mass is 9.99. The molecule has 1 aliphatic heterocycles. The van der Waals surface area contributed by atoms with Gasteiger partial charge in [-0.1, -0.05) is 48.0 Å². The Morgan fingerprint density at radius 1 is 1.07 bits per heavy atom. The van der Waals surface area contributed by atoms with Crippen molar-refractivity contribution in [1.82, 2.24) is 0 Å². The van der Waals surface area contributed by atoms with Gasteiger partial charge in [-0.25, -0.2) is 9.69 Å². The third-order valence-corrected chi connectivity index (χ3v) is 6.20. The lowest BCUT2D eigenvalue weighted by Gasteiger charge is -2.26. The number of rotatable bonds is 5. The van der Waals surface area contributed by atoms with E-state index in [9.17, 15) is 19.5 Å². The average Bonchev–Trinajstić information content (AvgIpc) is 3.13. The van der Waals surface area contributed by atoms with Gasteiger partial charge in [0.25, 0.3) is 5.91 Å². The molecule has 5 nitrogen and oxygen atoms in total. The van der Waals surface area contributed by atoms with Gasteiger partial charge in [-0.2, -0.15) is 0 Å². The molecule has 4 rings (SSSR count). The number of carboxylic acids is 1. The molecule has 2 amide bonds. The first-order valence-electron chi connectivity index (χ1n) is 8.99. The Hall–Kier alpha value is -2.96. The highest BCUT2D eigenvalue weighted by Crippen LogP contribution is 2.35. The minimum atomic E-state index is -1.18. The van der Waals surface area contributed by atoms with Gasteiger partial charge in [0.2, 0.25) is 5.91 Å². The van der Waals surface area contributed by atoms with Gasteiger partial charge in [-0.05, 0) is 47.0 Å². The van der Waals surface area contributed by atoms with Gasteiger partial charge in [0.1, 0.15) is 4.88 Å². The molecule has 146 valence electrons. The van der Waals surface area contributed by atoms with Gasteiger partial charge in [-0.15, -0.1) is 11.3 Å². The van der Waals surface area contributed by atoms with E-state index in [4.69, 9.17) is 11.6 Å². The van der Waals surface area contributed by atoms with E-state index < -0.39 is 17.8 Å². The Morgan fingerprint density at radius 3 is 2.52 bits per heavy atom. The predicted octanol–water partition coefficient (Wildman–Crippen LogP) is 4.61. The number of anilines is 1. The Bertz CT molecular complexity index is 1120. The third kappa shape index (κ3) is 3.69. The van der Waals surface area contributed by atoms with Crippen molar-refractivity contribution in [2.75, 3.05) is 4.90 Å². The standard InChI is InChI=1S/C22H16ClNO4S/c23-16-9-8-14(7-6-13-4-2-1-3-5-13)10-17(16)24-18(25)11-15-12-29-20(22(27)28)19(15)21(24)26/h1-5,8-10,12H,6-7,11H2,(H,27,28). The molecule has 0 aliphatic carbocycles. The lowest BCUT2D eigenvalue weighted by Crippen LogP contribution is -2.42. The summed E-state index contributed by atoms with van der Waals surface area (Å²) in [7, 11) is 0. The molecule has 3 aromatic rings. The number of fused-ring (bicyclic) bond motifs is 1. The second-order valence-electron chi connectivity index (χ2n) is 6.75. The van der Waals surface area contributed by atoms with E-state index in [1.165, 1.54) is 5.56 Å². The highest BCUT2D eigenvalue weighted by atomic mass is 35.5. The first kappa shape index (κ1) is 19.4. The fraction of sp³-hybridized carbons (Fsp3) is 0.136. The highest BCUT2D eigenvalue weighted by Gasteiger charge is 2.37. The van der Waals surface area contributed by atoms with Crippen LogP contribution in [0.15, 0.2) is 53.9 Å². The second-order valence-corrected chi connectivity index (χ2v) is 8.04. The summed E-state index contributed by atoms with van der Waals surface area (Å²) in [6.07, 6.45) is 1.49. The maximum absolute atomic E-state index is 13.0. The normalized spacial score (nSPS) is 13.5. The molecule has 2 heterocycles. The Morgan fingerprint density at radius 2 is 1.79 bits per heavy atom. The predicted molar refractivity (Wildman–Crippen MR) is 112 cm³/mol. The van der Waals surface area contributed by atoms with Gasteiger partial charge in [0, 0.05) is 0 Å². The van der Waals surface area contributed by atoms with Crippen LogP contribution >= 0.6 is 22.9 Å². The fourth-order valence-electron chi connectivity index (χ4n) is 3.44. The van der Waals surface area contributed by atoms with Crippen LogP contribution < -0.4 is 4.90 Å². The first-order chi connectivity index (χ1) is 14.0. The minimum Gasteiger partial charge on any atom is -0.477 e. The van der Waals surface area contributed by atoms with Crippen LogP contribution in [-0.4, -0.2) is 22.9 Å². The number of amides is 2. The van der Waals surface area contributed by atoms with Crippen molar-refractivity contribution in [3.63, 3.8) is 0 Å². The molecule has 0 radical (unpaired) electrons. The molecule has 0 spiro atoms. The van der Waals surface area contributed by atoms with Gasteiger partial charge in [0.15, 0.2) is 0 Å². The van der Waals surface area contributed by atoms with Crippen molar-refractivity contribution >= 4 is 46.4 Å². The van der Waals surface area contributed by atoms with Crippen LogP contribution in [0.25, 0.3) is 0 Å². The fourth-order valence-corrected chi connectivity index (χ4v) is 4.55. The number of hydrogen-bond acceptors (Lipinski definition) is 4. The maximum atomic E-state index is 13.0. The zero-order chi connectivity index (χ0) is 20.5. The van der Waals surface area contributed by atoms with E-state index in [1.54, 1.807) is 17.5 Å². The molecule has 0 saturated heterocycles. The molecule has 1 N–H and O–H groups in total. The average molecular weight is 426 g/mol. The van der Waals surface area contributed by atoms with E-state index in [2.05, 4.69) is 0 Å². The van der Waals surface area contributed by atoms with E-state index in [0.717, 1.165) is 28.2 Å². The smallest absolute Gasteiger partial charge is 0.346 e. The monoisotopic (exact) mass is 425 g/mol. The van der Waals surface area contributed by atoms with E-state index >= 15 is 0 Å². The number of hydrogen-bond donors (Lipinski definition) is 1. The largest absolute Gasteiger partial charge is 0.477 e. The third-order valence-electron chi connectivity index (χ3n) is 4.87. The van der Waals surface area contributed by atoms with Crippen molar-refractivity contribution in [2.45, 2.75) is 19.3 Å². The van der Waals surface area contributed by atoms with Crippen LogP contribution in [0.3, 0.4) is 0 Å². The van der Waals surface area contributed by atoms with E-state index in [0.29, 0.717) is 17.7 Å². The summed E-state index contributed by atoms with van der Waals surface area (Å²) in [6.45, 7) is 0. The zero-order valence-electron chi connectivity index (χ0n) is 15.2. The Kier molecular flexibility index (Phi) is 5.22. The molecule has 0 unspecified atom stereocenters. The molecule has 0 bridgehead atoms. The van der Waals surface area contributed by atoms with Crippen molar-refractivity contribution in [1.29, 1.82) is 0 Å². The summed E-state index contributed by atoms with van der Waals surface area (Å²) < 4.78 is 0. The molecule has 0 saturated carbocycles. The van der Waals surface area contributed by atoms with E-state index in [-0.39, 0.29) is 21.9 Å². The molecule has 1 aliphatic rings. The molecule has 0 atom stereocenters.